The number of fused-ring (bicyclic) bond motifs is 1. The Hall–Kier alpha value is -2.49. The van der Waals surface area contributed by atoms with E-state index in [0.29, 0.717) is 40.1 Å². The molecule has 0 saturated heterocycles. The van der Waals surface area contributed by atoms with E-state index >= 15 is 0 Å². The third-order valence-corrected chi connectivity index (χ3v) is 9.49. The molecule has 1 fully saturated rings. The summed E-state index contributed by atoms with van der Waals surface area (Å²) in [5.41, 5.74) is 2.33. The summed E-state index contributed by atoms with van der Waals surface area (Å²) in [7, 11) is 0. The van der Waals surface area contributed by atoms with Crippen LogP contribution in [0.1, 0.15) is 61.9 Å². The molecule has 6 nitrogen and oxygen atoms in total. The number of hydrogen-bond acceptors (Lipinski definition) is 5. The Morgan fingerprint density at radius 1 is 1.00 bits per heavy atom. The average molecular weight is 718 g/mol. The summed E-state index contributed by atoms with van der Waals surface area (Å²) in [6.07, 6.45) is 7.18. The fraction of sp³-hybridized carbons (Fsp3) is 0.300. The number of ether oxygens (including phenoxy) is 2. The molecule has 5 rings (SSSR count). The molecule has 1 aliphatic carbocycles. The first kappa shape index (κ1) is 28.1. The number of benzene rings is 3. The van der Waals surface area contributed by atoms with Gasteiger partial charge in [-0.15, -0.1) is 0 Å². The second-order valence-corrected chi connectivity index (χ2v) is 12.0. The quantitative estimate of drug-likeness (QED) is 0.171. The SMILES string of the molecule is CCOc1cc(C=Nn2c(C3CCCCC3)nc3ccccc3c2=O)c(Br)c(Br)c1OCc1ccc(Br)cc1. The first-order valence-electron chi connectivity index (χ1n) is 13.0. The third kappa shape index (κ3) is 6.31. The highest BCUT2D eigenvalue weighted by atomic mass is 79.9. The zero-order valence-corrected chi connectivity index (χ0v) is 26.3. The zero-order chi connectivity index (χ0) is 27.4. The van der Waals surface area contributed by atoms with Crippen molar-refractivity contribution in [2.45, 2.75) is 51.6 Å². The highest BCUT2D eigenvalue weighted by molar-refractivity contribution is 9.13. The van der Waals surface area contributed by atoms with Gasteiger partial charge in [0.15, 0.2) is 11.5 Å². The molecule has 0 spiro atoms. The molecule has 1 aromatic heterocycles. The number of para-hydroxylation sites is 1. The molecule has 4 aromatic rings. The Kier molecular flexibility index (Phi) is 9.20. The molecule has 0 amide bonds. The van der Waals surface area contributed by atoms with Gasteiger partial charge in [-0.05, 0) is 87.5 Å². The normalized spacial score (nSPS) is 14.3. The van der Waals surface area contributed by atoms with Crippen molar-refractivity contribution in [2.24, 2.45) is 5.10 Å². The molecule has 0 aliphatic heterocycles. The van der Waals surface area contributed by atoms with Crippen molar-refractivity contribution in [2.75, 3.05) is 6.61 Å². The molecule has 0 atom stereocenters. The highest BCUT2D eigenvalue weighted by Crippen LogP contribution is 2.43. The van der Waals surface area contributed by atoms with Crippen LogP contribution in [-0.2, 0) is 6.61 Å². The second-order valence-electron chi connectivity index (χ2n) is 9.45. The third-order valence-electron chi connectivity index (χ3n) is 6.81. The van der Waals surface area contributed by atoms with Crippen molar-refractivity contribution in [3.8, 4) is 11.5 Å². The van der Waals surface area contributed by atoms with Crippen LogP contribution in [0, 0.1) is 0 Å². The average Bonchev–Trinajstić information content (AvgIpc) is 2.96. The van der Waals surface area contributed by atoms with Gasteiger partial charge in [-0.25, -0.2) is 4.98 Å². The van der Waals surface area contributed by atoms with E-state index in [0.717, 1.165) is 51.6 Å². The van der Waals surface area contributed by atoms with Crippen molar-refractivity contribution < 1.29 is 9.47 Å². The van der Waals surface area contributed by atoms with Crippen LogP contribution in [0.4, 0.5) is 0 Å². The number of hydrogen-bond donors (Lipinski definition) is 0. The van der Waals surface area contributed by atoms with E-state index in [1.54, 1.807) is 12.3 Å². The predicted octanol–water partition coefficient (Wildman–Crippen LogP) is 8.59. The monoisotopic (exact) mass is 715 g/mol. The molecular formula is C30H28Br3N3O3. The maximum atomic E-state index is 13.6. The standard InChI is InChI=1S/C30H28Br3N3O3/c1-2-38-25-16-21(26(32)27(33)28(25)39-18-19-12-14-22(31)15-13-19)17-34-36-29(20-8-4-3-5-9-20)35-24-11-7-6-10-23(24)30(36)37/h6-7,10-17,20H,2-5,8-9,18H2,1H3. The summed E-state index contributed by atoms with van der Waals surface area (Å²) in [5, 5.41) is 5.26. The molecule has 0 unspecified atom stereocenters. The lowest BCUT2D eigenvalue weighted by molar-refractivity contribution is 0.267. The first-order valence-corrected chi connectivity index (χ1v) is 15.4. The number of aromatic nitrogens is 2. The van der Waals surface area contributed by atoms with Crippen molar-refractivity contribution in [3.63, 3.8) is 0 Å². The summed E-state index contributed by atoms with van der Waals surface area (Å²) >= 11 is 10.8. The Balaban J connectivity index is 1.53. The summed E-state index contributed by atoms with van der Waals surface area (Å²) in [6, 6.07) is 17.3. The van der Waals surface area contributed by atoms with Crippen LogP contribution in [0.5, 0.6) is 11.5 Å². The molecule has 0 radical (unpaired) electrons. The topological polar surface area (TPSA) is 65.7 Å². The van der Waals surface area contributed by atoms with E-state index in [-0.39, 0.29) is 11.5 Å². The van der Waals surface area contributed by atoms with Crippen molar-refractivity contribution >= 4 is 64.9 Å². The van der Waals surface area contributed by atoms with E-state index in [1.807, 2.05) is 55.5 Å². The van der Waals surface area contributed by atoms with Crippen LogP contribution in [0.25, 0.3) is 10.9 Å². The molecular weight excluding hydrogens is 690 g/mol. The lowest BCUT2D eigenvalue weighted by Crippen LogP contribution is -2.25. The van der Waals surface area contributed by atoms with Crippen molar-refractivity contribution in [1.82, 2.24) is 9.66 Å². The lowest BCUT2D eigenvalue weighted by atomic mass is 9.88. The van der Waals surface area contributed by atoms with Gasteiger partial charge in [-0.1, -0.05) is 59.5 Å². The fourth-order valence-electron chi connectivity index (χ4n) is 4.83. The minimum atomic E-state index is -0.160. The first-order chi connectivity index (χ1) is 19.0. The summed E-state index contributed by atoms with van der Waals surface area (Å²) in [4.78, 5) is 18.5. The Labute approximate surface area is 252 Å². The van der Waals surface area contributed by atoms with Crippen molar-refractivity contribution in [1.29, 1.82) is 0 Å². The Morgan fingerprint density at radius 2 is 1.74 bits per heavy atom. The van der Waals surface area contributed by atoms with Gasteiger partial charge in [0, 0.05) is 20.4 Å². The zero-order valence-electron chi connectivity index (χ0n) is 21.5. The predicted molar refractivity (Wildman–Crippen MR) is 166 cm³/mol. The molecule has 1 saturated carbocycles. The van der Waals surface area contributed by atoms with E-state index in [4.69, 9.17) is 19.6 Å². The molecule has 202 valence electrons. The van der Waals surface area contributed by atoms with Crippen LogP contribution in [0.15, 0.2) is 77.9 Å². The van der Waals surface area contributed by atoms with Gasteiger partial charge in [0.05, 0.1) is 28.2 Å². The van der Waals surface area contributed by atoms with Gasteiger partial charge in [0.1, 0.15) is 12.4 Å². The molecule has 3 aromatic carbocycles. The maximum absolute atomic E-state index is 13.6. The van der Waals surface area contributed by atoms with E-state index < -0.39 is 0 Å². The van der Waals surface area contributed by atoms with Crippen LogP contribution < -0.4 is 15.0 Å². The summed E-state index contributed by atoms with van der Waals surface area (Å²) in [6.45, 7) is 2.78. The van der Waals surface area contributed by atoms with Crippen LogP contribution in [-0.4, -0.2) is 22.5 Å². The Bertz CT molecular complexity index is 1560. The molecule has 39 heavy (non-hydrogen) atoms. The number of rotatable bonds is 8. The molecule has 0 N–H and O–H groups in total. The van der Waals surface area contributed by atoms with Crippen LogP contribution in [0.2, 0.25) is 0 Å². The fourth-order valence-corrected chi connectivity index (χ4v) is 6.03. The summed E-state index contributed by atoms with van der Waals surface area (Å²) in [5.74, 6) is 2.11. The van der Waals surface area contributed by atoms with E-state index in [9.17, 15) is 4.79 Å². The lowest BCUT2D eigenvalue weighted by Gasteiger charge is -2.22. The smallest absolute Gasteiger partial charge is 0.282 e. The van der Waals surface area contributed by atoms with Gasteiger partial charge in [0.2, 0.25) is 0 Å². The molecule has 1 heterocycles. The second kappa shape index (κ2) is 12.8. The molecule has 1 aliphatic rings. The van der Waals surface area contributed by atoms with Crippen LogP contribution >= 0.6 is 47.8 Å². The van der Waals surface area contributed by atoms with Gasteiger partial charge in [0.25, 0.3) is 5.56 Å². The van der Waals surface area contributed by atoms with Gasteiger partial charge in [-0.2, -0.15) is 9.78 Å². The van der Waals surface area contributed by atoms with Crippen molar-refractivity contribution in [3.05, 3.63) is 95.3 Å². The highest BCUT2D eigenvalue weighted by Gasteiger charge is 2.23. The maximum Gasteiger partial charge on any atom is 0.282 e. The molecule has 0 bridgehead atoms. The molecule has 9 heteroatoms. The van der Waals surface area contributed by atoms with Gasteiger partial charge in [-0.3, -0.25) is 4.79 Å². The van der Waals surface area contributed by atoms with E-state index in [2.05, 4.69) is 47.8 Å². The summed E-state index contributed by atoms with van der Waals surface area (Å²) < 4.78 is 16.1. The largest absolute Gasteiger partial charge is 0.490 e. The Morgan fingerprint density at radius 3 is 2.49 bits per heavy atom. The van der Waals surface area contributed by atoms with Gasteiger partial charge < -0.3 is 9.47 Å². The number of nitrogens with zero attached hydrogens (tertiary/aromatic N) is 3. The van der Waals surface area contributed by atoms with Crippen LogP contribution in [0.3, 0.4) is 0 Å². The van der Waals surface area contributed by atoms with Gasteiger partial charge >= 0.3 is 0 Å². The minimum absolute atomic E-state index is 0.160. The number of halogens is 3. The minimum Gasteiger partial charge on any atom is -0.490 e. The van der Waals surface area contributed by atoms with E-state index in [1.165, 1.54) is 11.1 Å².